The van der Waals surface area contributed by atoms with E-state index < -0.39 is 0 Å². The van der Waals surface area contributed by atoms with Gasteiger partial charge in [-0.15, -0.1) is 0 Å². The van der Waals surface area contributed by atoms with Gasteiger partial charge in [0.25, 0.3) is 0 Å². The van der Waals surface area contributed by atoms with E-state index >= 15 is 0 Å². The molecule has 1 aliphatic rings. The Morgan fingerprint density at radius 1 is 1.30 bits per heavy atom. The maximum atomic E-state index is 4.60. The van der Waals surface area contributed by atoms with E-state index in [0.717, 1.165) is 37.0 Å². The van der Waals surface area contributed by atoms with E-state index in [2.05, 4.69) is 30.2 Å². The van der Waals surface area contributed by atoms with E-state index in [-0.39, 0.29) is 0 Å². The fourth-order valence-corrected chi connectivity index (χ4v) is 2.11. The van der Waals surface area contributed by atoms with Crippen molar-refractivity contribution in [1.82, 2.24) is 19.5 Å². The van der Waals surface area contributed by atoms with Crippen LogP contribution in [0.15, 0.2) is 24.8 Å². The molecule has 0 spiro atoms. The summed E-state index contributed by atoms with van der Waals surface area (Å²) in [4.78, 5) is 13.1. The van der Waals surface area contributed by atoms with Crippen LogP contribution in [0.25, 0.3) is 0 Å². The van der Waals surface area contributed by atoms with E-state index in [1.54, 1.807) is 6.20 Å². The predicted molar refractivity (Wildman–Crippen MR) is 78.9 cm³/mol. The summed E-state index contributed by atoms with van der Waals surface area (Å²) in [6.45, 7) is 1.86. The molecule has 0 aromatic carbocycles. The Labute approximate surface area is 118 Å². The molecule has 106 valence electrons. The molecule has 0 bridgehead atoms. The topological polar surface area (TPSA) is 67.7 Å². The van der Waals surface area contributed by atoms with Crippen LogP contribution in [0, 0.1) is 0 Å². The minimum absolute atomic E-state index is 0.565. The van der Waals surface area contributed by atoms with Crippen LogP contribution in [0.2, 0.25) is 0 Å². The predicted octanol–water partition coefficient (Wildman–Crippen LogP) is 2.09. The number of hydrogen-bond acceptors (Lipinski definition) is 5. The van der Waals surface area contributed by atoms with Gasteiger partial charge in [0, 0.05) is 44.5 Å². The first-order valence-corrected chi connectivity index (χ1v) is 7.11. The van der Waals surface area contributed by atoms with E-state index in [1.807, 2.05) is 25.6 Å². The molecule has 2 heterocycles. The Hall–Kier alpha value is -2.11. The first kappa shape index (κ1) is 12.9. The van der Waals surface area contributed by atoms with Gasteiger partial charge in [-0.1, -0.05) is 0 Å². The third-order valence-corrected chi connectivity index (χ3v) is 3.40. The molecule has 6 nitrogen and oxygen atoms in total. The fourth-order valence-electron chi connectivity index (χ4n) is 2.11. The monoisotopic (exact) mass is 272 g/mol. The van der Waals surface area contributed by atoms with Crippen LogP contribution in [0.5, 0.6) is 0 Å². The lowest BCUT2D eigenvalue weighted by atomic mass is 10.3. The smallest absolute Gasteiger partial charge is 0.136 e. The number of nitrogens with zero attached hydrogens (tertiary/aromatic N) is 4. The zero-order valence-corrected chi connectivity index (χ0v) is 11.7. The minimum Gasteiger partial charge on any atom is -0.373 e. The summed E-state index contributed by atoms with van der Waals surface area (Å²) in [5, 5.41) is 6.48. The van der Waals surface area contributed by atoms with Gasteiger partial charge in [0.05, 0.1) is 6.33 Å². The first-order valence-electron chi connectivity index (χ1n) is 7.11. The number of nitrogens with one attached hydrogen (secondary N) is 2. The van der Waals surface area contributed by atoms with Gasteiger partial charge in [-0.2, -0.15) is 0 Å². The molecular weight excluding hydrogens is 252 g/mol. The number of aryl methyl sites for hydroxylation is 1. The average Bonchev–Trinajstić information content (AvgIpc) is 3.21. The molecule has 1 aliphatic carbocycles. The second-order valence-electron chi connectivity index (χ2n) is 5.10. The third kappa shape index (κ3) is 3.26. The molecule has 0 saturated heterocycles. The largest absolute Gasteiger partial charge is 0.373 e. The maximum absolute atomic E-state index is 4.60. The van der Waals surface area contributed by atoms with Crippen molar-refractivity contribution in [1.29, 1.82) is 0 Å². The van der Waals surface area contributed by atoms with Crippen molar-refractivity contribution in [2.24, 2.45) is 0 Å². The molecule has 1 saturated carbocycles. The Morgan fingerprint density at radius 2 is 2.15 bits per heavy atom. The lowest BCUT2D eigenvalue weighted by Crippen LogP contribution is -2.09. The van der Waals surface area contributed by atoms with Gasteiger partial charge in [0.2, 0.25) is 0 Å². The van der Waals surface area contributed by atoms with Crippen molar-refractivity contribution in [2.45, 2.75) is 31.7 Å². The lowest BCUT2D eigenvalue weighted by molar-refractivity contribution is 0.660. The second-order valence-corrected chi connectivity index (χ2v) is 5.10. The second kappa shape index (κ2) is 5.90. The van der Waals surface area contributed by atoms with Crippen molar-refractivity contribution >= 4 is 11.6 Å². The highest BCUT2D eigenvalue weighted by Crippen LogP contribution is 2.38. The molecule has 2 aromatic heterocycles. The summed E-state index contributed by atoms with van der Waals surface area (Å²) < 4.78 is 2.08. The number of hydrogen-bond donors (Lipinski definition) is 2. The van der Waals surface area contributed by atoms with Crippen LogP contribution in [0.1, 0.15) is 31.0 Å². The molecule has 3 rings (SSSR count). The summed E-state index contributed by atoms with van der Waals surface area (Å²) in [6.07, 6.45) is 9.09. The van der Waals surface area contributed by atoms with Gasteiger partial charge in [0.1, 0.15) is 17.5 Å². The summed E-state index contributed by atoms with van der Waals surface area (Å²) in [5.41, 5.74) is 0. The van der Waals surface area contributed by atoms with Gasteiger partial charge in [0.15, 0.2) is 0 Å². The number of rotatable bonds is 7. The summed E-state index contributed by atoms with van der Waals surface area (Å²) in [5.74, 6) is 3.33. The quantitative estimate of drug-likeness (QED) is 0.755. The normalized spacial score (nSPS) is 14.2. The molecule has 6 heteroatoms. The van der Waals surface area contributed by atoms with Crippen LogP contribution < -0.4 is 10.6 Å². The Kier molecular flexibility index (Phi) is 3.80. The van der Waals surface area contributed by atoms with Crippen LogP contribution >= 0.6 is 0 Å². The fraction of sp³-hybridized carbons (Fsp3) is 0.500. The van der Waals surface area contributed by atoms with Crippen LogP contribution in [-0.2, 0) is 6.54 Å². The lowest BCUT2D eigenvalue weighted by Gasteiger charge is -2.09. The summed E-state index contributed by atoms with van der Waals surface area (Å²) in [6, 6.07) is 1.96. The standard InChI is InChI=1S/C14H20N6/c1-15-12-9-13(19-14(18-12)11-3-4-11)17-5-2-7-20-8-6-16-10-20/h6,8-11H,2-5,7H2,1H3,(H2,15,17,18,19). The van der Waals surface area contributed by atoms with Crippen LogP contribution in [0.4, 0.5) is 11.6 Å². The van der Waals surface area contributed by atoms with Gasteiger partial charge in [-0.05, 0) is 19.3 Å². The van der Waals surface area contributed by atoms with E-state index in [4.69, 9.17) is 0 Å². The minimum atomic E-state index is 0.565. The Morgan fingerprint density at radius 3 is 2.85 bits per heavy atom. The van der Waals surface area contributed by atoms with Gasteiger partial charge in [-0.3, -0.25) is 0 Å². The molecule has 2 aromatic rings. The van der Waals surface area contributed by atoms with Crippen LogP contribution in [0.3, 0.4) is 0 Å². The van der Waals surface area contributed by atoms with Gasteiger partial charge < -0.3 is 15.2 Å². The molecule has 0 atom stereocenters. The molecule has 0 unspecified atom stereocenters. The van der Waals surface area contributed by atoms with E-state index in [1.165, 1.54) is 12.8 Å². The van der Waals surface area contributed by atoms with Crippen LogP contribution in [-0.4, -0.2) is 33.1 Å². The average molecular weight is 272 g/mol. The van der Waals surface area contributed by atoms with Gasteiger partial charge in [-0.25, -0.2) is 15.0 Å². The van der Waals surface area contributed by atoms with Crippen molar-refractivity contribution < 1.29 is 0 Å². The zero-order chi connectivity index (χ0) is 13.8. The number of anilines is 2. The van der Waals surface area contributed by atoms with Crippen molar-refractivity contribution in [3.63, 3.8) is 0 Å². The summed E-state index contributed by atoms with van der Waals surface area (Å²) >= 11 is 0. The molecule has 2 N–H and O–H groups in total. The van der Waals surface area contributed by atoms with Crippen molar-refractivity contribution in [2.75, 3.05) is 24.2 Å². The highest BCUT2D eigenvalue weighted by molar-refractivity contribution is 5.47. The first-order chi connectivity index (χ1) is 9.85. The van der Waals surface area contributed by atoms with E-state index in [0.29, 0.717) is 5.92 Å². The molecule has 20 heavy (non-hydrogen) atoms. The molecule has 0 radical (unpaired) electrons. The Balaban J connectivity index is 1.54. The van der Waals surface area contributed by atoms with E-state index in [9.17, 15) is 0 Å². The Bertz CT molecular complexity index is 547. The maximum Gasteiger partial charge on any atom is 0.136 e. The third-order valence-electron chi connectivity index (χ3n) is 3.40. The zero-order valence-electron chi connectivity index (χ0n) is 11.7. The summed E-state index contributed by atoms with van der Waals surface area (Å²) in [7, 11) is 1.89. The molecule has 1 fully saturated rings. The highest BCUT2D eigenvalue weighted by Gasteiger charge is 2.27. The van der Waals surface area contributed by atoms with Crippen molar-refractivity contribution in [3.8, 4) is 0 Å². The molecular formula is C14H20N6. The number of aromatic nitrogens is 4. The highest BCUT2D eigenvalue weighted by atomic mass is 15.1. The molecule has 0 aliphatic heterocycles. The molecule has 0 amide bonds. The number of imidazole rings is 1. The van der Waals surface area contributed by atoms with Gasteiger partial charge >= 0.3 is 0 Å². The SMILES string of the molecule is CNc1cc(NCCCn2ccnc2)nc(C2CC2)n1. The van der Waals surface area contributed by atoms with Crippen molar-refractivity contribution in [3.05, 3.63) is 30.6 Å².